The van der Waals surface area contributed by atoms with Crippen LogP contribution in [-0.2, 0) is 21.2 Å². The second kappa shape index (κ2) is 6.48. The Morgan fingerprint density at radius 1 is 1.29 bits per heavy atom. The Bertz CT molecular complexity index is 694. The first-order valence-electron chi connectivity index (χ1n) is 8.45. The normalized spacial score (nSPS) is 27.4. The summed E-state index contributed by atoms with van der Waals surface area (Å²) in [7, 11) is -3.16. The fourth-order valence-electron chi connectivity index (χ4n) is 4.19. The number of piperidine rings is 1. The number of carbonyl (C=O) groups is 1. The van der Waals surface area contributed by atoms with Crippen LogP contribution in [0.1, 0.15) is 49.1 Å². The largest absolute Gasteiger partial charge is 0.361 e. The van der Waals surface area contributed by atoms with Crippen LogP contribution >= 0.6 is 0 Å². The van der Waals surface area contributed by atoms with Gasteiger partial charge < -0.3 is 9.84 Å². The summed E-state index contributed by atoms with van der Waals surface area (Å²) < 4.78 is 30.6. The van der Waals surface area contributed by atoms with Gasteiger partial charge in [0.25, 0.3) is 0 Å². The Hall–Kier alpha value is -1.41. The number of fused-ring (bicyclic) bond motifs is 2. The SMILES string of the molecule is Cc1noc(C)c1CCC(=O)NC1CC2CCC(C1)N2S(C)(=O)=O. The van der Waals surface area contributed by atoms with E-state index in [1.54, 1.807) is 4.31 Å². The molecule has 134 valence electrons. The van der Waals surface area contributed by atoms with Crippen molar-refractivity contribution in [3.63, 3.8) is 0 Å². The van der Waals surface area contributed by atoms with Crippen molar-refractivity contribution in [1.82, 2.24) is 14.8 Å². The van der Waals surface area contributed by atoms with Crippen molar-refractivity contribution in [2.75, 3.05) is 6.26 Å². The van der Waals surface area contributed by atoms with Crippen molar-refractivity contribution in [1.29, 1.82) is 0 Å². The number of aromatic nitrogens is 1. The summed E-state index contributed by atoms with van der Waals surface area (Å²) in [4.78, 5) is 12.2. The van der Waals surface area contributed by atoms with Crippen LogP contribution in [0, 0.1) is 13.8 Å². The second-order valence-corrected chi connectivity index (χ2v) is 8.90. The van der Waals surface area contributed by atoms with Crippen LogP contribution in [-0.4, -0.2) is 48.2 Å². The summed E-state index contributed by atoms with van der Waals surface area (Å²) in [6.07, 6.45) is 5.49. The molecule has 1 aromatic rings. The maximum atomic E-state index is 12.2. The molecule has 2 fully saturated rings. The Morgan fingerprint density at radius 2 is 1.92 bits per heavy atom. The van der Waals surface area contributed by atoms with Crippen molar-refractivity contribution in [3.8, 4) is 0 Å². The number of rotatable bonds is 5. The number of carbonyl (C=O) groups excluding carboxylic acids is 1. The minimum Gasteiger partial charge on any atom is -0.361 e. The molecule has 24 heavy (non-hydrogen) atoms. The Balaban J connectivity index is 1.54. The van der Waals surface area contributed by atoms with E-state index in [0.29, 0.717) is 25.7 Å². The van der Waals surface area contributed by atoms with E-state index in [0.717, 1.165) is 29.9 Å². The van der Waals surface area contributed by atoms with E-state index in [9.17, 15) is 13.2 Å². The number of aryl methyl sites for hydroxylation is 2. The number of nitrogens with zero attached hydrogens (tertiary/aromatic N) is 2. The molecule has 0 saturated carbocycles. The molecular formula is C16H25N3O4S. The molecule has 0 radical (unpaired) electrons. The van der Waals surface area contributed by atoms with Gasteiger partial charge in [-0.1, -0.05) is 5.16 Å². The summed E-state index contributed by atoms with van der Waals surface area (Å²) in [5.74, 6) is 0.770. The monoisotopic (exact) mass is 355 g/mol. The van der Waals surface area contributed by atoms with E-state index < -0.39 is 10.0 Å². The summed E-state index contributed by atoms with van der Waals surface area (Å²) in [5.41, 5.74) is 1.83. The quantitative estimate of drug-likeness (QED) is 0.859. The first-order valence-corrected chi connectivity index (χ1v) is 10.3. The van der Waals surface area contributed by atoms with Crippen molar-refractivity contribution < 1.29 is 17.7 Å². The van der Waals surface area contributed by atoms with E-state index in [4.69, 9.17) is 4.52 Å². The molecule has 2 atom stereocenters. The lowest BCUT2D eigenvalue weighted by molar-refractivity contribution is -0.122. The van der Waals surface area contributed by atoms with Gasteiger partial charge >= 0.3 is 0 Å². The van der Waals surface area contributed by atoms with Gasteiger partial charge in [-0.2, -0.15) is 4.31 Å². The number of hydrogen-bond donors (Lipinski definition) is 1. The Kier molecular flexibility index (Phi) is 4.70. The van der Waals surface area contributed by atoms with Crippen LogP contribution in [0.2, 0.25) is 0 Å². The molecule has 0 spiro atoms. The molecule has 3 heterocycles. The van der Waals surface area contributed by atoms with Gasteiger partial charge in [0.1, 0.15) is 5.76 Å². The van der Waals surface area contributed by atoms with E-state index in [2.05, 4.69) is 10.5 Å². The van der Waals surface area contributed by atoms with E-state index in [-0.39, 0.29) is 24.0 Å². The molecule has 0 aliphatic carbocycles. The Labute approximate surface area is 142 Å². The van der Waals surface area contributed by atoms with E-state index >= 15 is 0 Å². The van der Waals surface area contributed by atoms with E-state index in [1.807, 2.05) is 13.8 Å². The summed E-state index contributed by atoms with van der Waals surface area (Å²) in [6.45, 7) is 3.73. The summed E-state index contributed by atoms with van der Waals surface area (Å²) >= 11 is 0. The lowest BCUT2D eigenvalue weighted by atomic mass is 9.99. The molecule has 8 heteroatoms. The maximum Gasteiger partial charge on any atom is 0.220 e. The van der Waals surface area contributed by atoms with Crippen LogP contribution in [0.4, 0.5) is 0 Å². The topological polar surface area (TPSA) is 92.5 Å². The maximum absolute atomic E-state index is 12.2. The van der Waals surface area contributed by atoms with Crippen LogP contribution in [0.15, 0.2) is 4.52 Å². The van der Waals surface area contributed by atoms with Crippen LogP contribution in [0.5, 0.6) is 0 Å². The minimum absolute atomic E-state index is 0.00667. The lowest BCUT2D eigenvalue weighted by Crippen LogP contribution is -2.52. The lowest BCUT2D eigenvalue weighted by Gasteiger charge is -2.37. The third-order valence-corrected chi connectivity index (χ3v) is 6.56. The van der Waals surface area contributed by atoms with Gasteiger partial charge in [-0.15, -0.1) is 0 Å². The van der Waals surface area contributed by atoms with Gasteiger partial charge in [-0.25, -0.2) is 8.42 Å². The molecular weight excluding hydrogens is 330 g/mol. The number of sulfonamides is 1. The average Bonchev–Trinajstić information content (AvgIpc) is 2.95. The average molecular weight is 355 g/mol. The van der Waals surface area contributed by atoms with Crippen LogP contribution in [0.25, 0.3) is 0 Å². The fraction of sp³-hybridized carbons (Fsp3) is 0.750. The van der Waals surface area contributed by atoms with Gasteiger partial charge in [-0.05, 0) is 46.0 Å². The van der Waals surface area contributed by atoms with E-state index in [1.165, 1.54) is 6.26 Å². The minimum atomic E-state index is -3.16. The zero-order valence-electron chi connectivity index (χ0n) is 14.4. The number of hydrogen-bond acceptors (Lipinski definition) is 5. The van der Waals surface area contributed by atoms with Crippen LogP contribution < -0.4 is 5.32 Å². The molecule has 2 aliphatic rings. The second-order valence-electron chi connectivity index (χ2n) is 7.02. The molecule has 1 aromatic heterocycles. The standard InChI is InChI=1S/C16H25N3O4S/c1-10-15(11(2)23-18-10)6-7-16(20)17-12-8-13-4-5-14(9-12)19(13)24(3,21)22/h12-14H,4-9H2,1-3H3,(H,17,20). The molecule has 2 bridgehead atoms. The molecule has 7 nitrogen and oxygen atoms in total. The first-order chi connectivity index (χ1) is 11.3. The van der Waals surface area contributed by atoms with Crippen molar-refractivity contribution in [2.24, 2.45) is 0 Å². The molecule has 2 unspecified atom stereocenters. The molecule has 3 rings (SSSR count). The smallest absolute Gasteiger partial charge is 0.220 e. The van der Waals surface area contributed by atoms with Gasteiger partial charge in [0, 0.05) is 30.1 Å². The van der Waals surface area contributed by atoms with Crippen molar-refractivity contribution in [2.45, 2.75) is 70.5 Å². The third kappa shape index (κ3) is 3.49. The summed E-state index contributed by atoms with van der Waals surface area (Å²) in [5, 5.41) is 6.98. The van der Waals surface area contributed by atoms with Gasteiger partial charge in [0.15, 0.2) is 0 Å². The van der Waals surface area contributed by atoms with Crippen molar-refractivity contribution in [3.05, 3.63) is 17.0 Å². The van der Waals surface area contributed by atoms with Gasteiger partial charge in [0.2, 0.25) is 15.9 Å². The fourth-order valence-corrected chi connectivity index (χ4v) is 5.66. The summed E-state index contributed by atoms with van der Waals surface area (Å²) in [6, 6.07) is 0.135. The molecule has 2 saturated heterocycles. The number of amides is 1. The highest BCUT2D eigenvalue weighted by molar-refractivity contribution is 7.88. The molecule has 2 aliphatic heterocycles. The third-order valence-electron chi connectivity index (χ3n) is 5.20. The van der Waals surface area contributed by atoms with Gasteiger partial charge in [0.05, 0.1) is 11.9 Å². The molecule has 0 aromatic carbocycles. The van der Waals surface area contributed by atoms with Crippen LogP contribution in [0.3, 0.4) is 0 Å². The zero-order valence-corrected chi connectivity index (χ0v) is 15.2. The molecule has 1 amide bonds. The predicted octanol–water partition coefficient (Wildman–Crippen LogP) is 1.30. The highest BCUT2D eigenvalue weighted by Gasteiger charge is 2.45. The highest BCUT2D eigenvalue weighted by atomic mass is 32.2. The number of nitrogens with one attached hydrogen (secondary N) is 1. The molecule has 1 N–H and O–H groups in total. The van der Waals surface area contributed by atoms with Gasteiger partial charge in [-0.3, -0.25) is 4.79 Å². The first kappa shape index (κ1) is 17.4. The Morgan fingerprint density at radius 3 is 2.42 bits per heavy atom. The van der Waals surface area contributed by atoms with Crippen molar-refractivity contribution >= 4 is 15.9 Å². The predicted molar refractivity (Wildman–Crippen MR) is 89.0 cm³/mol. The zero-order chi connectivity index (χ0) is 17.5. The highest BCUT2D eigenvalue weighted by Crippen LogP contribution is 2.37.